The molecule has 0 aromatic heterocycles. The molecule has 0 unspecified atom stereocenters. The topological polar surface area (TPSA) is 56.7 Å². The Balaban J connectivity index is 1.39. The van der Waals surface area contributed by atoms with E-state index in [1.807, 2.05) is 60.7 Å². The zero-order valence-electron chi connectivity index (χ0n) is 17.9. The maximum Gasteiger partial charge on any atom is 0.259 e. The fourth-order valence-corrected chi connectivity index (χ4v) is 3.28. The van der Waals surface area contributed by atoms with E-state index in [9.17, 15) is 9.18 Å². The van der Waals surface area contributed by atoms with Gasteiger partial charge in [-0.3, -0.25) is 4.79 Å². The molecule has 33 heavy (non-hydrogen) atoms. The third kappa shape index (κ3) is 6.04. The van der Waals surface area contributed by atoms with Crippen molar-refractivity contribution in [1.29, 1.82) is 0 Å². The Labute approximate surface area is 192 Å². The van der Waals surface area contributed by atoms with E-state index >= 15 is 0 Å². The highest BCUT2D eigenvalue weighted by atomic mass is 19.1. The van der Waals surface area contributed by atoms with Gasteiger partial charge in [-0.2, -0.15) is 5.10 Å². The number of rotatable bonds is 8. The van der Waals surface area contributed by atoms with E-state index in [-0.39, 0.29) is 18.3 Å². The second-order valence-electron chi connectivity index (χ2n) is 7.25. The van der Waals surface area contributed by atoms with Crippen molar-refractivity contribution in [3.63, 3.8) is 0 Å². The normalized spacial score (nSPS) is 10.7. The van der Waals surface area contributed by atoms with Crippen LogP contribution in [0.4, 0.5) is 27.1 Å². The summed E-state index contributed by atoms with van der Waals surface area (Å²) in [4.78, 5) is 14.1. The minimum absolute atomic E-state index is 0.0328. The molecule has 0 heterocycles. The Kier molecular flexibility index (Phi) is 7.08. The van der Waals surface area contributed by atoms with Gasteiger partial charge in [-0.25, -0.2) is 9.82 Å². The molecule has 0 spiro atoms. The molecular formula is C27H23FN4O. The van der Waals surface area contributed by atoms with Crippen LogP contribution in [0.2, 0.25) is 0 Å². The fraction of sp³-hybridized carbons (Fsp3) is 0.0370. The minimum atomic E-state index is -0.323. The van der Waals surface area contributed by atoms with E-state index in [1.54, 1.807) is 18.3 Å². The standard InChI is InChI=1S/C27H23FN4O/c28-22-13-15-23(16-14-22)29-20-27(33)31-30-19-21-11-17-26(18-12-21)32(24-7-3-1-4-8-24)25-9-5-2-6-10-25/h1-19,29H,20H2,(H,31,33)/b30-19-. The first-order valence-electron chi connectivity index (χ1n) is 10.5. The number of hydrazone groups is 1. The van der Waals surface area contributed by atoms with Gasteiger partial charge < -0.3 is 10.2 Å². The number of halogens is 1. The second-order valence-corrected chi connectivity index (χ2v) is 7.25. The first-order chi connectivity index (χ1) is 16.2. The molecule has 2 N–H and O–H groups in total. The van der Waals surface area contributed by atoms with Crippen LogP contribution in [-0.2, 0) is 4.79 Å². The summed E-state index contributed by atoms with van der Waals surface area (Å²) in [6.07, 6.45) is 1.59. The van der Waals surface area contributed by atoms with Gasteiger partial charge >= 0.3 is 0 Å². The lowest BCUT2D eigenvalue weighted by atomic mass is 10.1. The third-order valence-corrected chi connectivity index (χ3v) is 4.88. The summed E-state index contributed by atoms with van der Waals surface area (Å²) < 4.78 is 12.9. The molecule has 0 aliphatic heterocycles. The predicted octanol–water partition coefficient (Wildman–Crippen LogP) is 5.86. The van der Waals surface area contributed by atoms with Crippen LogP contribution in [0.15, 0.2) is 114 Å². The molecule has 1 amide bonds. The number of para-hydroxylation sites is 2. The smallest absolute Gasteiger partial charge is 0.259 e. The lowest BCUT2D eigenvalue weighted by molar-refractivity contribution is -0.119. The van der Waals surface area contributed by atoms with E-state index in [4.69, 9.17) is 0 Å². The molecule has 0 atom stereocenters. The first kappa shape index (κ1) is 21.8. The highest BCUT2D eigenvalue weighted by Crippen LogP contribution is 2.33. The maximum atomic E-state index is 12.9. The molecule has 0 saturated heterocycles. The molecule has 5 nitrogen and oxygen atoms in total. The van der Waals surface area contributed by atoms with Crippen LogP contribution < -0.4 is 15.6 Å². The van der Waals surface area contributed by atoms with E-state index in [0.29, 0.717) is 5.69 Å². The summed E-state index contributed by atoms with van der Waals surface area (Å²) in [6.45, 7) is 0.0328. The summed E-state index contributed by atoms with van der Waals surface area (Å²) >= 11 is 0. The van der Waals surface area contributed by atoms with Crippen LogP contribution in [0.3, 0.4) is 0 Å². The molecule has 0 aliphatic carbocycles. The van der Waals surface area contributed by atoms with Crippen LogP contribution in [0.1, 0.15) is 5.56 Å². The average Bonchev–Trinajstić information content (AvgIpc) is 2.86. The number of anilines is 4. The molecule has 6 heteroatoms. The van der Waals surface area contributed by atoms with Gasteiger partial charge in [0.2, 0.25) is 0 Å². The number of nitrogens with zero attached hydrogens (tertiary/aromatic N) is 2. The minimum Gasteiger partial charge on any atom is -0.376 e. The van der Waals surface area contributed by atoms with E-state index < -0.39 is 0 Å². The van der Waals surface area contributed by atoms with Crippen molar-refractivity contribution in [1.82, 2.24) is 5.43 Å². The SMILES string of the molecule is O=C(CNc1ccc(F)cc1)N/N=C\c1ccc(N(c2ccccc2)c2ccccc2)cc1. The lowest BCUT2D eigenvalue weighted by Crippen LogP contribution is -2.25. The zero-order valence-corrected chi connectivity index (χ0v) is 17.9. The molecule has 0 saturated carbocycles. The van der Waals surface area contributed by atoms with Gasteiger partial charge in [0.05, 0.1) is 12.8 Å². The molecule has 0 bridgehead atoms. The highest BCUT2D eigenvalue weighted by Gasteiger charge is 2.11. The number of carbonyl (C=O) groups excluding carboxylic acids is 1. The molecule has 164 valence electrons. The summed E-state index contributed by atoms with van der Waals surface area (Å²) in [7, 11) is 0. The number of hydrogen-bond donors (Lipinski definition) is 2. The summed E-state index contributed by atoms with van der Waals surface area (Å²) in [6, 6.07) is 34.0. The van der Waals surface area contributed by atoms with Crippen molar-refractivity contribution in [3.05, 3.63) is 121 Å². The van der Waals surface area contributed by atoms with Gasteiger partial charge in [0.1, 0.15) is 5.82 Å². The van der Waals surface area contributed by atoms with Gasteiger partial charge in [-0.15, -0.1) is 0 Å². The molecular weight excluding hydrogens is 415 g/mol. The Morgan fingerprint density at radius 3 is 1.88 bits per heavy atom. The quantitative estimate of drug-likeness (QED) is 0.268. The predicted molar refractivity (Wildman–Crippen MR) is 132 cm³/mol. The van der Waals surface area contributed by atoms with Crippen molar-refractivity contribution < 1.29 is 9.18 Å². The van der Waals surface area contributed by atoms with Gasteiger partial charge in [-0.1, -0.05) is 48.5 Å². The molecule has 4 aromatic rings. The number of carbonyl (C=O) groups is 1. The van der Waals surface area contributed by atoms with Crippen LogP contribution in [-0.4, -0.2) is 18.7 Å². The number of amides is 1. The lowest BCUT2D eigenvalue weighted by Gasteiger charge is -2.25. The fourth-order valence-electron chi connectivity index (χ4n) is 3.28. The van der Waals surface area contributed by atoms with Gasteiger partial charge in [-0.05, 0) is 66.2 Å². The first-order valence-corrected chi connectivity index (χ1v) is 10.5. The monoisotopic (exact) mass is 438 g/mol. The van der Waals surface area contributed by atoms with Crippen LogP contribution >= 0.6 is 0 Å². The van der Waals surface area contributed by atoms with Crippen molar-refractivity contribution >= 4 is 34.9 Å². The van der Waals surface area contributed by atoms with Crippen molar-refractivity contribution in [2.45, 2.75) is 0 Å². The van der Waals surface area contributed by atoms with Crippen molar-refractivity contribution in [2.75, 3.05) is 16.8 Å². The summed E-state index contributed by atoms with van der Waals surface area (Å²) in [5, 5.41) is 6.93. The molecule has 4 rings (SSSR count). The Bertz CT molecular complexity index is 1160. The van der Waals surface area contributed by atoms with Crippen LogP contribution in [0.5, 0.6) is 0 Å². The van der Waals surface area contributed by atoms with Crippen LogP contribution in [0.25, 0.3) is 0 Å². The van der Waals surface area contributed by atoms with E-state index in [0.717, 1.165) is 22.6 Å². The molecule has 0 fully saturated rings. The summed E-state index contributed by atoms with van der Waals surface area (Å²) in [5.74, 6) is -0.622. The van der Waals surface area contributed by atoms with E-state index in [2.05, 4.69) is 45.0 Å². The Hall–Kier alpha value is -4.45. The van der Waals surface area contributed by atoms with Gasteiger partial charge in [0.25, 0.3) is 5.91 Å². The third-order valence-electron chi connectivity index (χ3n) is 4.88. The highest BCUT2D eigenvalue weighted by molar-refractivity contribution is 5.85. The van der Waals surface area contributed by atoms with Crippen molar-refractivity contribution in [2.24, 2.45) is 5.10 Å². The largest absolute Gasteiger partial charge is 0.376 e. The van der Waals surface area contributed by atoms with Gasteiger partial charge in [0, 0.05) is 22.7 Å². The molecule has 0 radical (unpaired) electrons. The van der Waals surface area contributed by atoms with Gasteiger partial charge in [0.15, 0.2) is 0 Å². The molecule has 4 aromatic carbocycles. The second kappa shape index (κ2) is 10.7. The number of hydrogen-bond acceptors (Lipinski definition) is 4. The zero-order chi connectivity index (χ0) is 22.9. The number of nitrogens with one attached hydrogen (secondary N) is 2. The maximum absolute atomic E-state index is 12.9. The number of benzene rings is 4. The average molecular weight is 439 g/mol. The summed E-state index contributed by atoms with van der Waals surface area (Å²) in [5.41, 5.74) is 7.13. The molecule has 0 aliphatic rings. The Morgan fingerprint density at radius 2 is 1.30 bits per heavy atom. The van der Waals surface area contributed by atoms with Crippen LogP contribution in [0, 0.1) is 5.82 Å². The van der Waals surface area contributed by atoms with E-state index in [1.165, 1.54) is 12.1 Å². The Morgan fingerprint density at radius 1 is 0.758 bits per heavy atom. The van der Waals surface area contributed by atoms with Crippen molar-refractivity contribution in [3.8, 4) is 0 Å².